The highest BCUT2D eigenvalue weighted by molar-refractivity contribution is 7.22. The number of benzene rings is 1. The van der Waals surface area contributed by atoms with Gasteiger partial charge in [-0.1, -0.05) is 44.2 Å². The van der Waals surface area contributed by atoms with Gasteiger partial charge in [0.2, 0.25) is 0 Å². The number of para-hydroxylation sites is 1. The van der Waals surface area contributed by atoms with Crippen molar-refractivity contribution in [3.63, 3.8) is 0 Å². The molecule has 0 saturated carbocycles. The molecule has 218 valence electrons. The standard InChI is InChI=1S/C29H38N6O3S2Si/c1-18-19-12-10-16-35(25(19)34-33-24(18)32-27-30-20-13-8-9-14-21(20)39-27)28-31-23(26(36)37-5)22(40-28)15-11-17-38-41(6,7)29(2,3)4/h8-9,13-14H,10-12,15-17H2,1-7H3,(H,30,32,33). The molecule has 9 nitrogen and oxygen atoms in total. The van der Waals surface area contributed by atoms with E-state index in [0.29, 0.717) is 24.5 Å². The Bertz CT molecular complexity index is 1530. The minimum absolute atomic E-state index is 0.159. The molecule has 1 N–H and O–H groups in total. The van der Waals surface area contributed by atoms with Gasteiger partial charge >= 0.3 is 5.97 Å². The topological polar surface area (TPSA) is 102 Å². The minimum Gasteiger partial charge on any atom is -0.464 e. The molecule has 0 spiro atoms. The van der Waals surface area contributed by atoms with Crippen molar-refractivity contribution in [2.75, 3.05) is 30.5 Å². The second-order valence-electron chi connectivity index (χ2n) is 11.8. The zero-order valence-corrected chi connectivity index (χ0v) is 27.5. The summed E-state index contributed by atoms with van der Waals surface area (Å²) < 4.78 is 12.6. The maximum atomic E-state index is 12.7. The van der Waals surface area contributed by atoms with Gasteiger partial charge in [-0.15, -0.1) is 21.5 Å². The van der Waals surface area contributed by atoms with E-state index in [1.165, 1.54) is 18.4 Å². The second-order valence-corrected chi connectivity index (χ2v) is 18.7. The lowest BCUT2D eigenvalue weighted by Crippen LogP contribution is -2.41. The number of methoxy groups -OCH3 is 1. The lowest BCUT2D eigenvalue weighted by Gasteiger charge is -2.36. The minimum atomic E-state index is -1.83. The number of nitrogens with one attached hydrogen (secondary N) is 1. The average molecular weight is 611 g/mol. The molecule has 1 aliphatic rings. The first-order valence-corrected chi connectivity index (χ1v) is 18.5. The Balaban J connectivity index is 1.36. The molecule has 3 aromatic heterocycles. The van der Waals surface area contributed by atoms with Gasteiger partial charge in [-0.05, 0) is 62.9 Å². The zero-order chi connectivity index (χ0) is 29.4. The lowest BCUT2D eigenvalue weighted by atomic mass is 10.0. The Kier molecular flexibility index (Phi) is 8.47. The molecule has 0 saturated heterocycles. The van der Waals surface area contributed by atoms with Crippen LogP contribution in [0.5, 0.6) is 0 Å². The van der Waals surface area contributed by atoms with Gasteiger partial charge in [-0.3, -0.25) is 0 Å². The summed E-state index contributed by atoms with van der Waals surface area (Å²) in [7, 11) is -0.427. The number of esters is 1. The number of hydrogen-bond donors (Lipinski definition) is 1. The van der Waals surface area contributed by atoms with Crippen LogP contribution >= 0.6 is 22.7 Å². The Hall–Kier alpha value is -2.93. The van der Waals surface area contributed by atoms with Gasteiger partial charge < -0.3 is 19.4 Å². The summed E-state index contributed by atoms with van der Waals surface area (Å²) >= 11 is 3.13. The molecular formula is C29H38N6O3S2Si. The first-order chi connectivity index (χ1) is 19.5. The van der Waals surface area contributed by atoms with E-state index < -0.39 is 14.3 Å². The predicted octanol–water partition coefficient (Wildman–Crippen LogP) is 7.42. The van der Waals surface area contributed by atoms with Crippen molar-refractivity contribution >= 4 is 69.1 Å². The first-order valence-electron chi connectivity index (χ1n) is 14.0. The summed E-state index contributed by atoms with van der Waals surface area (Å²) in [5, 5.41) is 14.3. The van der Waals surface area contributed by atoms with Crippen molar-refractivity contribution < 1.29 is 14.0 Å². The van der Waals surface area contributed by atoms with E-state index in [4.69, 9.17) is 14.1 Å². The molecule has 0 amide bonds. The highest BCUT2D eigenvalue weighted by Crippen LogP contribution is 2.40. The Morgan fingerprint density at radius 2 is 1.93 bits per heavy atom. The van der Waals surface area contributed by atoms with E-state index in [0.717, 1.165) is 68.1 Å². The maximum Gasteiger partial charge on any atom is 0.357 e. The summed E-state index contributed by atoms with van der Waals surface area (Å²) in [5.74, 6) is 1.09. The molecule has 0 fully saturated rings. The number of aryl methyl sites for hydroxylation is 1. The second kappa shape index (κ2) is 11.7. The molecule has 41 heavy (non-hydrogen) atoms. The van der Waals surface area contributed by atoms with Crippen LogP contribution in [0.4, 0.5) is 21.9 Å². The molecule has 4 heterocycles. The lowest BCUT2D eigenvalue weighted by molar-refractivity contribution is 0.0593. The van der Waals surface area contributed by atoms with Crippen LogP contribution in [0, 0.1) is 6.92 Å². The number of ether oxygens (including phenoxy) is 1. The molecule has 5 rings (SSSR count). The van der Waals surface area contributed by atoms with E-state index in [9.17, 15) is 4.79 Å². The molecule has 0 atom stereocenters. The molecule has 12 heteroatoms. The number of fused-ring (bicyclic) bond motifs is 2. The number of hydrogen-bond acceptors (Lipinski definition) is 11. The van der Waals surface area contributed by atoms with Gasteiger partial charge in [-0.25, -0.2) is 14.8 Å². The van der Waals surface area contributed by atoms with Crippen molar-refractivity contribution in [2.24, 2.45) is 0 Å². The van der Waals surface area contributed by atoms with Gasteiger partial charge in [0.25, 0.3) is 0 Å². The summed E-state index contributed by atoms with van der Waals surface area (Å²) in [6, 6.07) is 8.07. The summed E-state index contributed by atoms with van der Waals surface area (Å²) in [6.45, 7) is 14.7. The third-order valence-corrected chi connectivity index (χ3v) is 14.6. The van der Waals surface area contributed by atoms with Gasteiger partial charge in [-0.2, -0.15) is 0 Å². The van der Waals surface area contributed by atoms with Crippen LogP contribution in [-0.4, -0.2) is 54.7 Å². The largest absolute Gasteiger partial charge is 0.464 e. The number of rotatable bonds is 9. The number of anilines is 4. The van der Waals surface area contributed by atoms with E-state index in [1.54, 1.807) is 11.3 Å². The van der Waals surface area contributed by atoms with Crippen LogP contribution in [0.1, 0.15) is 60.1 Å². The third-order valence-electron chi connectivity index (χ3n) is 8.02. The third kappa shape index (κ3) is 6.15. The number of carbonyl (C=O) groups is 1. The normalized spacial score (nSPS) is 13.9. The first kappa shape index (κ1) is 29.6. The van der Waals surface area contributed by atoms with E-state index in [1.807, 2.05) is 18.2 Å². The number of thiazole rings is 2. The SMILES string of the molecule is COC(=O)c1nc(N2CCCc3c2nnc(Nc2nc4ccccc4s2)c3C)sc1CCCO[Si](C)(C)C(C)(C)C. The van der Waals surface area contributed by atoms with Crippen molar-refractivity contribution in [1.82, 2.24) is 20.2 Å². The van der Waals surface area contributed by atoms with Crippen LogP contribution in [0.15, 0.2) is 24.3 Å². The van der Waals surface area contributed by atoms with Crippen molar-refractivity contribution in [1.29, 1.82) is 0 Å². The van der Waals surface area contributed by atoms with Crippen LogP contribution in [0.2, 0.25) is 18.1 Å². The maximum absolute atomic E-state index is 12.7. The van der Waals surface area contributed by atoms with Crippen molar-refractivity contribution in [3.8, 4) is 0 Å². The fourth-order valence-corrected chi connectivity index (χ4v) is 7.64. The molecule has 0 radical (unpaired) electrons. The van der Waals surface area contributed by atoms with Gasteiger partial charge in [0, 0.05) is 29.2 Å². The van der Waals surface area contributed by atoms with E-state index in [2.05, 4.69) is 72.3 Å². The van der Waals surface area contributed by atoms with E-state index in [-0.39, 0.29) is 5.04 Å². The monoisotopic (exact) mass is 610 g/mol. The summed E-state index contributed by atoms with van der Waals surface area (Å²) in [4.78, 5) is 25.1. The fourth-order valence-electron chi connectivity index (χ4n) is 4.57. The zero-order valence-electron chi connectivity index (χ0n) is 24.8. The van der Waals surface area contributed by atoms with Crippen molar-refractivity contribution in [2.45, 2.75) is 71.5 Å². The van der Waals surface area contributed by atoms with Crippen molar-refractivity contribution in [3.05, 3.63) is 46.0 Å². The van der Waals surface area contributed by atoms with Crippen LogP contribution < -0.4 is 10.2 Å². The number of carbonyl (C=O) groups excluding carboxylic acids is 1. The molecule has 1 aromatic carbocycles. The molecule has 4 aromatic rings. The molecular weight excluding hydrogens is 573 g/mol. The molecule has 0 bridgehead atoms. The highest BCUT2D eigenvalue weighted by atomic mass is 32.1. The number of nitrogens with zero attached hydrogens (tertiary/aromatic N) is 5. The van der Waals surface area contributed by atoms with Gasteiger partial charge in [0.1, 0.15) is 0 Å². The number of aromatic nitrogens is 4. The Labute approximate surface area is 250 Å². The van der Waals surface area contributed by atoms with Gasteiger partial charge in [0.15, 0.2) is 35.9 Å². The Morgan fingerprint density at radius 3 is 2.66 bits per heavy atom. The van der Waals surface area contributed by atoms with E-state index >= 15 is 0 Å². The molecule has 0 unspecified atom stereocenters. The Morgan fingerprint density at radius 1 is 1.15 bits per heavy atom. The molecule has 0 aliphatic carbocycles. The average Bonchev–Trinajstić information content (AvgIpc) is 3.55. The molecule has 1 aliphatic heterocycles. The van der Waals surface area contributed by atoms with Crippen LogP contribution in [-0.2, 0) is 22.0 Å². The highest BCUT2D eigenvalue weighted by Gasteiger charge is 2.37. The smallest absolute Gasteiger partial charge is 0.357 e. The summed E-state index contributed by atoms with van der Waals surface area (Å²) in [5.41, 5.74) is 3.52. The summed E-state index contributed by atoms with van der Waals surface area (Å²) in [6.07, 6.45) is 3.36. The predicted molar refractivity (Wildman–Crippen MR) is 170 cm³/mol. The fraction of sp³-hybridized carbons (Fsp3) is 0.483. The van der Waals surface area contributed by atoms with Gasteiger partial charge in [0.05, 0.1) is 17.3 Å². The van der Waals surface area contributed by atoms with Crippen LogP contribution in [0.3, 0.4) is 0 Å². The van der Waals surface area contributed by atoms with Crippen LogP contribution in [0.25, 0.3) is 10.2 Å². The quantitative estimate of drug-likeness (QED) is 0.118.